The van der Waals surface area contributed by atoms with Crippen LogP contribution < -0.4 is 10.6 Å². The zero-order valence-corrected chi connectivity index (χ0v) is 12.4. The van der Waals surface area contributed by atoms with Crippen LogP contribution in [0.25, 0.3) is 0 Å². The highest BCUT2D eigenvalue weighted by Gasteiger charge is 2.01. The fourth-order valence-electron chi connectivity index (χ4n) is 1.67. The van der Waals surface area contributed by atoms with E-state index in [2.05, 4.69) is 51.2 Å². The lowest BCUT2D eigenvalue weighted by Crippen LogP contribution is -2.41. The molecule has 0 aliphatic rings. The van der Waals surface area contributed by atoms with Gasteiger partial charge >= 0.3 is 0 Å². The van der Waals surface area contributed by atoms with Crippen LogP contribution in [0.4, 0.5) is 0 Å². The molecule has 0 bridgehead atoms. The standard InChI is InChI=1S/C13H24N4S/c1-4-17(5-2)8-7-15-13(14-3)16-10-12-6-9-18-11-12/h6,9,11H,4-5,7-8,10H2,1-3H3,(H2,14,15,16). The van der Waals surface area contributed by atoms with Gasteiger partial charge in [-0.1, -0.05) is 13.8 Å². The number of nitrogens with zero attached hydrogens (tertiary/aromatic N) is 2. The monoisotopic (exact) mass is 268 g/mol. The smallest absolute Gasteiger partial charge is 0.191 e. The Labute approximate surface area is 114 Å². The molecule has 18 heavy (non-hydrogen) atoms. The molecule has 2 N–H and O–H groups in total. The van der Waals surface area contributed by atoms with Gasteiger partial charge in [0.25, 0.3) is 0 Å². The third-order valence-electron chi connectivity index (χ3n) is 2.88. The van der Waals surface area contributed by atoms with E-state index in [1.165, 1.54) is 5.56 Å². The van der Waals surface area contributed by atoms with Crippen molar-refractivity contribution in [1.82, 2.24) is 15.5 Å². The lowest BCUT2D eigenvalue weighted by molar-refractivity contribution is 0.308. The highest BCUT2D eigenvalue weighted by molar-refractivity contribution is 7.07. The summed E-state index contributed by atoms with van der Waals surface area (Å²) in [6.07, 6.45) is 0. The number of hydrogen-bond acceptors (Lipinski definition) is 3. The van der Waals surface area contributed by atoms with E-state index in [1.54, 1.807) is 18.4 Å². The molecule has 5 heteroatoms. The van der Waals surface area contributed by atoms with E-state index in [-0.39, 0.29) is 0 Å². The van der Waals surface area contributed by atoms with Crippen LogP contribution >= 0.6 is 11.3 Å². The Balaban J connectivity index is 2.22. The van der Waals surface area contributed by atoms with E-state index < -0.39 is 0 Å². The Bertz CT molecular complexity index is 331. The van der Waals surface area contributed by atoms with Crippen molar-refractivity contribution in [2.75, 3.05) is 33.2 Å². The van der Waals surface area contributed by atoms with Crippen molar-refractivity contribution < 1.29 is 0 Å². The van der Waals surface area contributed by atoms with Crippen LogP contribution in [0.2, 0.25) is 0 Å². The maximum Gasteiger partial charge on any atom is 0.191 e. The van der Waals surface area contributed by atoms with Crippen molar-refractivity contribution in [2.24, 2.45) is 4.99 Å². The van der Waals surface area contributed by atoms with Crippen LogP contribution in [-0.2, 0) is 6.54 Å². The number of guanidine groups is 1. The fraction of sp³-hybridized carbons (Fsp3) is 0.615. The molecule has 0 aromatic carbocycles. The number of hydrogen-bond donors (Lipinski definition) is 2. The summed E-state index contributed by atoms with van der Waals surface area (Å²) in [5, 5.41) is 10.9. The lowest BCUT2D eigenvalue weighted by atomic mass is 10.3. The van der Waals surface area contributed by atoms with Gasteiger partial charge in [-0.05, 0) is 35.5 Å². The number of thiophene rings is 1. The predicted octanol–water partition coefficient (Wildman–Crippen LogP) is 1.75. The first-order chi connectivity index (χ1) is 8.80. The van der Waals surface area contributed by atoms with Crippen molar-refractivity contribution in [3.05, 3.63) is 22.4 Å². The van der Waals surface area contributed by atoms with Crippen molar-refractivity contribution in [3.63, 3.8) is 0 Å². The zero-order chi connectivity index (χ0) is 13.2. The second kappa shape index (κ2) is 8.94. The fourth-order valence-corrected chi connectivity index (χ4v) is 2.34. The van der Waals surface area contributed by atoms with Gasteiger partial charge in [-0.25, -0.2) is 0 Å². The zero-order valence-electron chi connectivity index (χ0n) is 11.6. The van der Waals surface area contributed by atoms with Gasteiger partial charge in [0.1, 0.15) is 0 Å². The molecule has 0 spiro atoms. The largest absolute Gasteiger partial charge is 0.355 e. The SMILES string of the molecule is CCN(CC)CCNC(=NC)NCc1ccsc1. The summed E-state index contributed by atoms with van der Waals surface area (Å²) in [6, 6.07) is 2.13. The molecule has 0 saturated heterocycles. The summed E-state index contributed by atoms with van der Waals surface area (Å²) in [4.78, 5) is 6.60. The molecule has 0 saturated carbocycles. The minimum Gasteiger partial charge on any atom is -0.355 e. The van der Waals surface area contributed by atoms with Crippen molar-refractivity contribution in [1.29, 1.82) is 0 Å². The molecular weight excluding hydrogens is 244 g/mol. The van der Waals surface area contributed by atoms with E-state index >= 15 is 0 Å². The van der Waals surface area contributed by atoms with Crippen molar-refractivity contribution >= 4 is 17.3 Å². The van der Waals surface area contributed by atoms with Crippen LogP contribution in [0.1, 0.15) is 19.4 Å². The van der Waals surface area contributed by atoms with Crippen LogP contribution in [0, 0.1) is 0 Å². The van der Waals surface area contributed by atoms with E-state index in [4.69, 9.17) is 0 Å². The van der Waals surface area contributed by atoms with Crippen LogP contribution in [-0.4, -0.2) is 44.1 Å². The van der Waals surface area contributed by atoms with Gasteiger partial charge in [0.05, 0.1) is 0 Å². The molecule has 0 aliphatic carbocycles. The molecule has 1 aromatic rings. The first kappa shape index (κ1) is 15.0. The summed E-state index contributed by atoms with van der Waals surface area (Å²) in [5.74, 6) is 0.869. The normalized spacial score (nSPS) is 11.9. The van der Waals surface area contributed by atoms with Crippen LogP contribution in [0.3, 0.4) is 0 Å². The van der Waals surface area contributed by atoms with Gasteiger partial charge in [-0.3, -0.25) is 4.99 Å². The molecule has 4 nitrogen and oxygen atoms in total. The lowest BCUT2D eigenvalue weighted by Gasteiger charge is -2.19. The Morgan fingerprint density at radius 3 is 2.67 bits per heavy atom. The van der Waals surface area contributed by atoms with E-state index in [0.717, 1.165) is 38.7 Å². The summed E-state index contributed by atoms with van der Waals surface area (Å²) >= 11 is 1.72. The van der Waals surface area contributed by atoms with E-state index in [1.807, 2.05) is 0 Å². The van der Waals surface area contributed by atoms with E-state index in [9.17, 15) is 0 Å². The molecule has 0 radical (unpaired) electrons. The molecule has 0 aliphatic heterocycles. The summed E-state index contributed by atoms with van der Waals surface area (Å²) in [6.45, 7) is 9.37. The summed E-state index contributed by atoms with van der Waals surface area (Å²) in [5.41, 5.74) is 1.30. The Hall–Kier alpha value is -1.07. The highest BCUT2D eigenvalue weighted by Crippen LogP contribution is 2.04. The molecule has 0 amide bonds. The molecule has 102 valence electrons. The van der Waals surface area contributed by atoms with E-state index in [0.29, 0.717) is 0 Å². The molecular formula is C13H24N4S. The van der Waals surface area contributed by atoms with Gasteiger partial charge in [-0.2, -0.15) is 11.3 Å². The number of likely N-dealkylation sites (N-methyl/N-ethyl adjacent to an activating group) is 1. The topological polar surface area (TPSA) is 39.7 Å². The number of rotatable bonds is 7. The predicted molar refractivity (Wildman–Crippen MR) is 80.3 cm³/mol. The minimum atomic E-state index is 0.828. The molecule has 1 aromatic heterocycles. The van der Waals surface area contributed by atoms with Gasteiger partial charge < -0.3 is 15.5 Å². The Kier molecular flexibility index (Phi) is 7.44. The average molecular weight is 268 g/mol. The van der Waals surface area contributed by atoms with Gasteiger partial charge in [0, 0.05) is 26.7 Å². The number of aliphatic imine (C=N–C) groups is 1. The second-order valence-electron chi connectivity index (χ2n) is 4.01. The maximum absolute atomic E-state index is 4.22. The highest BCUT2D eigenvalue weighted by atomic mass is 32.1. The van der Waals surface area contributed by atoms with Crippen LogP contribution in [0.15, 0.2) is 21.8 Å². The third kappa shape index (κ3) is 5.51. The third-order valence-corrected chi connectivity index (χ3v) is 3.61. The second-order valence-corrected chi connectivity index (χ2v) is 4.79. The molecule has 1 rings (SSSR count). The van der Waals surface area contributed by atoms with Gasteiger partial charge in [0.15, 0.2) is 5.96 Å². The first-order valence-electron chi connectivity index (χ1n) is 6.48. The number of nitrogens with one attached hydrogen (secondary N) is 2. The Morgan fingerprint density at radius 2 is 2.11 bits per heavy atom. The Morgan fingerprint density at radius 1 is 1.33 bits per heavy atom. The minimum absolute atomic E-state index is 0.828. The average Bonchev–Trinajstić information content (AvgIpc) is 2.91. The van der Waals surface area contributed by atoms with Crippen molar-refractivity contribution in [3.8, 4) is 0 Å². The van der Waals surface area contributed by atoms with Crippen LogP contribution in [0.5, 0.6) is 0 Å². The summed E-state index contributed by atoms with van der Waals surface area (Å²) in [7, 11) is 1.81. The van der Waals surface area contributed by atoms with Gasteiger partial charge in [-0.15, -0.1) is 0 Å². The maximum atomic E-state index is 4.22. The van der Waals surface area contributed by atoms with Crippen molar-refractivity contribution in [2.45, 2.75) is 20.4 Å². The quantitative estimate of drug-likeness (QED) is 0.585. The summed E-state index contributed by atoms with van der Waals surface area (Å²) < 4.78 is 0. The molecule has 1 heterocycles. The molecule has 0 atom stereocenters. The van der Waals surface area contributed by atoms with Gasteiger partial charge in [0.2, 0.25) is 0 Å². The molecule has 0 unspecified atom stereocenters. The molecule has 0 fully saturated rings. The first-order valence-corrected chi connectivity index (χ1v) is 7.42.